The molecule has 116 valence electrons. The van der Waals surface area contributed by atoms with Crippen LogP contribution in [-0.4, -0.2) is 15.0 Å². The number of halogens is 1. The van der Waals surface area contributed by atoms with Gasteiger partial charge in [-0.3, -0.25) is 4.79 Å². The highest BCUT2D eigenvalue weighted by molar-refractivity contribution is 9.10. The Bertz CT molecular complexity index is 1300. The average molecular weight is 398 g/mol. The van der Waals surface area contributed by atoms with Crippen LogP contribution in [0.4, 0.5) is 0 Å². The number of fused-ring (bicyclic) bond motifs is 4. The SMILES string of the molecule is O=c1[nH]cnc2c1sc1nc(-c3cc4cc(Br)ccc4o3)ccc12. The number of hydrogen-bond donors (Lipinski definition) is 1. The summed E-state index contributed by atoms with van der Waals surface area (Å²) < 4.78 is 7.48. The van der Waals surface area contributed by atoms with E-state index < -0.39 is 0 Å². The van der Waals surface area contributed by atoms with E-state index in [1.165, 1.54) is 17.7 Å². The average Bonchev–Trinajstić information content (AvgIpc) is 3.16. The molecule has 0 amide bonds. The molecule has 5 aromatic rings. The van der Waals surface area contributed by atoms with Crippen LogP contribution in [0.3, 0.4) is 0 Å². The molecule has 0 unspecified atom stereocenters. The second kappa shape index (κ2) is 4.99. The molecule has 5 rings (SSSR count). The van der Waals surface area contributed by atoms with Crippen molar-refractivity contribution < 1.29 is 4.42 Å². The lowest BCUT2D eigenvalue weighted by Gasteiger charge is -1.96. The molecule has 0 saturated heterocycles. The molecular weight excluding hydrogens is 390 g/mol. The number of rotatable bonds is 1. The van der Waals surface area contributed by atoms with Crippen molar-refractivity contribution in [2.75, 3.05) is 0 Å². The summed E-state index contributed by atoms with van der Waals surface area (Å²) in [7, 11) is 0. The highest BCUT2D eigenvalue weighted by Gasteiger charge is 2.13. The minimum absolute atomic E-state index is 0.141. The molecule has 24 heavy (non-hydrogen) atoms. The first-order valence-corrected chi connectivity index (χ1v) is 8.76. The summed E-state index contributed by atoms with van der Waals surface area (Å²) in [4.78, 5) is 24.2. The van der Waals surface area contributed by atoms with Gasteiger partial charge < -0.3 is 9.40 Å². The van der Waals surface area contributed by atoms with Gasteiger partial charge in [0.25, 0.3) is 5.56 Å². The predicted octanol–water partition coefficient (Wildman–Crippen LogP) is 4.71. The Morgan fingerprint density at radius 2 is 2.08 bits per heavy atom. The number of furan rings is 1. The Labute approximate surface area is 147 Å². The van der Waals surface area contributed by atoms with E-state index in [1.807, 2.05) is 36.4 Å². The monoisotopic (exact) mass is 397 g/mol. The first-order chi connectivity index (χ1) is 11.7. The molecule has 4 aromatic heterocycles. The predicted molar refractivity (Wildman–Crippen MR) is 98.4 cm³/mol. The fraction of sp³-hybridized carbons (Fsp3) is 0. The smallest absolute Gasteiger partial charge is 0.268 e. The number of hydrogen-bond acceptors (Lipinski definition) is 5. The van der Waals surface area contributed by atoms with Gasteiger partial charge >= 0.3 is 0 Å². The molecule has 0 fully saturated rings. The van der Waals surface area contributed by atoms with Crippen molar-refractivity contribution in [1.82, 2.24) is 15.0 Å². The summed E-state index contributed by atoms with van der Waals surface area (Å²) in [5.74, 6) is 0.698. The molecule has 0 aliphatic heterocycles. The number of thiophene rings is 1. The topological polar surface area (TPSA) is 71.8 Å². The second-order valence-electron chi connectivity index (χ2n) is 5.35. The van der Waals surface area contributed by atoms with Crippen LogP contribution < -0.4 is 5.56 Å². The van der Waals surface area contributed by atoms with Crippen molar-refractivity contribution in [3.8, 4) is 11.5 Å². The standard InChI is InChI=1S/C17H8BrN3O2S/c18-9-1-4-12-8(5-9)6-13(23-12)11-3-2-10-14-15(24-17(10)21-11)16(22)20-7-19-14/h1-7H,(H,19,20,22). The molecule has 0 aliphatic rings. The fourth-order valence-electron chi connectivity index (χ4n) is 2.75. The third-order valence-electron chi connectivity index (χ3n) is 3.86. The molecular formula is C17H8BrN3O2S. The number of nitrogens with zero attached hydrogens (tertiary/aromatic N) is 2. The Kier molecular flexibility index (Phi) is 2.89. The van der Waals surface area contributed by atoms with Crippen LogP contribution in [0, 0.1) is 0 Å². The van der Waals surface area contributed by atoms with Crippen molar-refractivity contribution in [3.63, 3.8) is 0 Å². The number of H-pyrrole nitrogens is 1. The van der Waals surface area contributed by atoms with Crippen molar-refractivity contribution in [3.05, 3.63) is 57.6 Å². The van der Waals surface area contributed by atoms with Crippen LogP contribution >= 0.6 is 27.3 Å². The molecule has 1 aromatic carbocycles. The van der Waals surface area contributed by atoms with Gasteiger partial charge in [0.1, 0.15) is 20.8 Å². The van der Waals surface area contributed by atoms with Crippen LogP contribution in [0.1, 0.15) is 0 Å². The lowest BCUT2D eigenvalue weighted by molar-refractivity contribution is 0.629. The maximum absolute atomic E-state index is 11.9. The molecule has 0 spiro atoms. The fourth-order valence-corrected chi connectivity index (χ4v) is 4.15. The van der Waals surface area contributed by atoms with Gasteiger partial charge in [-0.25, -0.2) is 9.97 Å². The van der Waals surface area contributed by atoms with Gasteiger partial charge in [0, 0.05) is 15.2 Å². The van der Waals surface area contributed by atoms with E-state index in [0.717, 1.165) is 31.4 Å². The minimum Gasteiger partial charge on any atom is -0.454 e. The van der Waals surface area contributed by atoms with Crippen LogP contribution in [0.15, 0.2) is 56.4 Å². The van der Waals surface area contributed by atoms with Crippen molar-refractivity contribution >= 4 is 58.7 Å². The lowest BCUT2D eigenvalue weighted by Crippen LogP contribution is -2.03. The number of benzene rings is 1. The Morgan fingerprint density at radius 1 is 1.17 bits per heavy atom. The van der Waals surface area contributed by atoms with E-state index in [9.17, 15) is 4.79 Å². The summed E-state index contributed by atoms with van der Waals surface area (Å²) >= 11 is 4.80. The minimum atomic E-state index is -0.141. The zero-order chi connectivity index (χ0) is 16.3. The summed E-state index contributed by atoms with van der Waals surface area (Å²) in [6, 6.07) is 11.7. The molecule has 1 N–H and O–H groups in total. The Balaban J connectivity index is 1.75. The highest BCUT2D eigenvalue weighted by atomic mass is 79.9. The summed E-state index contributed by atoms with van der Waals surface area (Å²) in [5, 5.41) is 1.89. The van der Waals surface area contributed by atoms with Crippen molar-refractivity contribution in [2.45, 2.75) is 0 Å². The van der Waals surface area contributed by atoms with E-state index >= 15 is 0 Å². The first-order valence-electron chi connectivity index (χ1n) is 7.15. The number of pyridine rings is 1. The molecule has 0 bridgehead atoms. The van der Waals surface area contributed by atoms with Gasteiger partial charge in [0.2, 0.25) is 0 Å². The first kappa shape index (κ1) is 13.9. The van der Waals surface area contributed by atoms with E-state index in [1.54, 1.807) is 0 Å². The van der Waals surface area contributed by atoms with Crippen molar-refractivity contribution in [1.29, 1.82) is 0 Å². The molecule has 7 heteroatoms. The summed E-state index contributed by atoms with van der Waals surface area (Å²) in [6.07, 6.45) is 1.42. The van der Waals surface area contributed by atoms with Gasteiger partial charge in [-0.2, -0.15) is 0 Å². The largest absolute Gasteiger partial charge is 0.454 e. The zero-order valence-electron chi connectivity index (χ0n) is 12.0. The third kappa shape index (κ3) is 2.02. The molecule has 0 saturated carbocycles. The number of nitrogens with one attached hydrogen (secondary N) is 1. The molecule has 0 aliphatic carbocycles. The number of aromatic nitrogens is 3. The van der Waals surface area contributed by atoms with E-state index in [-0.39, 0.29) is 5.56 Å². The summed E-state index contributed by atoms with van der Waals surface area (Å²) in [6.45, 7) is 0. The maximum Gasteiger partial charge on any atom is 0.268 e. The van der Waals surface area contributed by atoms with Crippen molar-refractivity contribution in [2.24, 2.45) is 0 Å². The number of aromatic amines is 1. The highest BCUT2D eigenvalue weighted by Crippen LogP contribution is 2.33. The van der Waals surface area contributed by atoms with Gasteiger partial charge in [-0.15, -0.1) is 11.3 Å². The Morgan fingerprint density at radius 3 is 3.00 bits per heavy atom. The quantitative estimate of drug-likeness (QED) is 0.444. The molecule has 5 nitrogen and oxygen atoms in total. The Hall–Kier alpha value is -2.51. The second-order valence-corrected chi connectivity index (χ2v) is 7.27. The van der Waals surface area contributed by atoms with Crippen LogP contribution in [0.5, 0.6) is 0 Å². The van der Waals surface area contributed by atoms with Gasteiger partial charge in [-0.05, 0) is 36.4 Å². The molecule has 0 atom stereocenters. The van der Waals surface area contributed by atoms with E-state index in [2.05, 4.69) is 30.9 Å². The normalized spacial score (nSPS) is 11.7. The van der Waals surface area contributed by atoms with Crippen LogP contribution in [-0.2, 0) is 0 Å². The third-order valence-corrected chi connectivity index (χ3v) is 5.44. The van der Waals surface area contributed by atoms with Gasteiger partial charge in [-0.1, -0.05) is 15.9 Å². The van der Waals surface area contributed by atoms with E-state index in [0.29, 0.717) is 16.0 Å². The van der Waals surface area contributed by atoms with Crippen LogP contribution in [0.2, 0.25) is 0 Å². The lowest BCUT2D eigenvalue weighted by atomic mass is 10.2. The zero-order valence-corrected chi connectivity index (χ0v) is 14.4. The van der Waals surface area contributed by atoms with Crippen LogP contribution in [0.25, 0.3) is 42.9 Å². The maximum atomic E-state index is 11.9. The van der Waals surface area contributed by atoms with E-state index in [4.69, 9.17) is 4.42 Å². The summed E-state index contributed by atoms with van der Waals surface area (Å²) in [5.41, 5.74) is 2.09. The van der Waals surface area contributed by atoms with Gasteiger partial charge in [0.15, 0.2) is 5.76 Å². The molecule has 0 radical (unpaired) electrons. The molecule has 4 heterocycles. The van der Waals surface area contributed by atoms with Gasteiger partial charge in [0.05, 0.1) is 11.8 Å².